The predicted octanol–water partition coefficient (Wildman–Crippen LogP) is 6.15. The Hall–Kier alpha value is -4.65. The summed E-state index contributed by atoms with van der Waals surface area (Å²) in [5.41, 5.74) is 3.45. The number of benzene rings is 4. The van der Waals surface area contributed by atoms with Crippen molar-refractivity contribution >= 4 is 34.2 Å². The molecule has 0 aromatic heterocycles. The molecule has 0 unspecified atom stereocenters. The first kappa shape index (κ1) is 29.8. The molecule has 7 heteroatoms. The van der Waals surface area contributed by atoms with Gasteiger partial charge in [0.15, 0.2) is 0 Å². The Bertz CT molecular complexity index is 1580. The molecule has 3 amide bonds. The molecule has 0 saturated heterocycles. The van der Waals surface area contributed by atoms with Gasteiger partial charge in [0.2, 0.25) is 11.8 Å². The van der Waals surface area contributed by atoms with Crippen LogP contribution in [0.3, 0.4) is 0 Å². The van der Waals surface area contributed by atoms with E-state index in [4.69, 9.17) is 4.74 Å². The topological polar surface area (TPSA) is 79.0 Å². The lowest BCUT2D eigenvalue weighted by molar-refractivity contribution is -0.141. The third-order valence-corrected chi connectivity index (χ3v) is 8.01. The van der Waals surface area contributed by atoms with E-state index >= 15 is 0 Å². The van der Waals surface area contributed by atoms with Gasteiger partial charge in [-0.25, -0.2) is 0 Å². The summed E-state index contributed by atoms with van der Waals surface area (Å²) in [6.45, 7) is 3.32. The van der Waals surface area contributed by atoms with E-state index in [0.29, 0.717) is 37.2 Å². The van der Waals surface area contributed by atoms with E-state index in [0.717, 1.165) is 40.4 Å². The molecule has 0 radical (unpaired) electrons. The van der Waals surface area contributed by atoms with Gasteiger partial charge in [0.1, 0.15) is 11.8 Å². The summed E-state index contributed by atoms with van der Waals surface area (Å²) in [6, 6.07) is 28.4. The SMILES string of the molecule is CCCCNC(=O)[C@H](Cc1ccccc1)N(Cc1cccc(OC)c1)C(=O)CCCN1C(=O)c2cccc3cccc1c23. The minimum absolute atomic E-state index is 0.0373. The van der Waals surface area contributed by atoms with Crippen LogP contribution in [0.2, 0.25) is 0 Å². The van der Waals surface area contributed by atoms with Crippen LogP contribution in [-0.2, 0) is 22.6 Å². The first-order chi connectivity index (χ1) is 21.0. The molecule has 1 heterocycles. The standard InChI is InChI=1S/C36H39N3O4/c1-3-4-21-37-35(41)32(24-26-12-6-5-7-13-26)39(25-27-14-8-17-29(23-27)43-2)33(40)20-11-22-38-31-19-10-16-28-15-9-18-30(34(28)31)36(38)42/h5-10,12-19,23,32H,3-4,11,20-22,24-25H2,1-2H3,(H,37,41)/t32-/m0/s1. The van der Waals surface area contributed by atoms with Crippen molar-refractivity contribution in [2.45, 2.75) is 51.6 Å². The zero-order valence-electron chi connectivity index (χ0n) is 24.9. The van der Waals surface area contributed by atoms with Crippen LogP contribution in [0.25, 0.3) is 10.8 Å². The number of carbonyl (C=O) groups is 3. The van der Waals surface area contributed by atoms with E-state index in [9.17, 15) is 14.4 Å². The van der Waals surface area contributed by atoms with Crippen LogP contribution < -0.4 is 15.0 Å². The number of ether oxygens (including phenoxy) is 1. The summed E-state index contributed by atoms with van der Waals surface area (Å²) in [5, 5.41) is 5.06. The normalized spacial score (nSPS) is 12.8. The average molecular weight is 578 g/mol. The van der Waals surface area contributed by atoms with Crippen molar-refractivity contribution in [2.75, 3.05) is 25.1 Å². The highest BCUT2D eigenvalue weighted by Crippen LogP contribution is 2.37. The number of anilines is 1. The Morgan fingerprint density at radius 2 is 1.65 bits per heavy atom. The second-order valence-electron chi connectivity index (χ2n) is 11.0. The van der Waals surface area contributed by atoms with Gasteiger partial charge >= 0.3 is 0 Å². The molecule has 222 valence electrons. The smallest absolute Gasteiger partial charge is 0.258 e. The number of rotatable bonds is 14. The lowest BCUT2D eigenvalue weighted by Crippen LogP contribution is -2.50. The van der Waals surface area contributed by atoms with E-state index < -0.39 is 6.04 Å². The van der Waals surface area contributed by atoms with Crippen LogP contribution in [0.5, 0.6) is 5.75 Å². The fraction of sp³-hybridized carbons (Fsp3) is 0.306. The van der Waals surface area contributed by atoms with Gasteiger partial charge in [0, 0.05) is 43.4 Å². The Labute approximate surface area is 253 Å². The van der Waals surface area contributed by atoms with Crippen LogP contribution in [0.4, 0.5) is 5.69 Å². The van der Waals surface area contributed by atoms with Gasteiger partial charge in [-0.2, -0.15) is 0 Å². The molecule has 0 spiro atoms. The predicted molar refractivity (Wildman–Crippen MR) is 170 cm³/mol. The first-order valence-corrected chi connectivity index (χ1v) is 15.1. The van der Waals surface area contributed by atoms with Crippen LogP contribution >= 0.6 is 0 Å². The number of hydrogen-bond acceptors (Lipinski definition) is 4. The van der Waals surface area contributed by atoms with Crippen molar-refractivity contribution in [1.82, 2.24) is 10.2 Å². The van der Waals surface area contributed by atoms with Crippen LogP contribution in [0, 0.1) is 0 Å². The van der Waals surface area contributed by atoms with Gasteiger partial charge < -0.3 is 19.9 Å². The molecular weight excluding hydrogens is 538 g/mol. The molecule has 1 atom stereocenters. The number of nitrogens with one attached hydrogen (secondary N) is 1. The Kier molecular flexibility index (Phi) is 9.72. The highest BCUT2D eigenvalue weighted by atomic mass is 16.5. The second kappa shape index (κ2) is 14.0. The second-order valence-corrected chi connectivity index (χ2v) is 11.0. The molecule has 0 bridgehead atoms. The van der Waals surface area contributed by atoms with Crippen LogP contribution in [0.15, 0.2) is 91.0 Å². The first-order valence-electron chi connectivity index (χ1n) is 15.1. The van der Waals surface area contributed by atoms with E-state index in [2.05, 4.69) is 12.2 Å². The zero-order valence-corrected chi connectivity index (χ0v) is 24.9. The third-order valence-electron chi connectivity index (χ3n) is 8.01. The summed E-state index contributed by atoms with van der Waals surface area (Å²) < 4.78 is 5.43. The highest BCUT2D eigenvalue weighted by Gasteiger charge is 2.32. The Morgan fingerprint density at radius 1 is 0.907 bits per heavy atom. The summed E-state index contributed by atoms with van der Waals surface area (Å²) in [5.74, 6) is 0.366. The largest absolute Gasteiger partial charge is 0.497 e. The van der Waals surface area contributed by atoms with E-state index in [1.165, 1.54) is 0 Å². The molecule has 1 aliphatic heterocycles. The average Bonchev–Trinajstić information content (AvgIpc) is 3.31. The van der Waals surface area contributed by atoms with Gasteiger partial charge in [0.25, 0.3) is 5.91 Å². The van der Waals surface area contributed by atoms with Crippen molar-refractivity contribution in [1.29, 1.82) is 0 Å². The fourth-order valence-corrected chi connectivity index (χ4v) is 5.76. The maximum Gasteiger partial charge on any atom is 0.258 e. The molecule has 1 aliphatic rings. The van der Waals surface area contributed by atoms with E-state index in [1.807, 2.05) is 91.0 Å². The lowest BCUT2D eigenvalue weighted by atomic mass is 10.0. The minimum Gasteiger partial charge on any atom is -0.497 e. The van der Waals surface area contributed by atoms with Gasteiger partial charge in [-0.1, -0.05) is 80.1 Å². The maximum absolute atomic E-state index is 14.0. The number of unbranched alkanes of at least 4 members (excludes halogenated alkanes) is 1. The molecule has 0 aliphatic carbocycles. The maximum atomic E-state index is 14.0. The van der Waals surface area contributed by atoms with E-state index in [1.54, 1.807) is 16.9 Å². The summed E-state index contributed by atoms with van der Waals surface area (Å²) in [6.07, 6.45) is 2.90. The monoisotopic (exact) mass is 577 g/mol. The third kappa shape index (κ3) is 6.88. The van der Waals surface area contributed by atoms with Crippen molar-refractivity contribution in [3.63, 3.8) is 0 Å². The van der Waals surface area contributed by atoms with Crippen molar-refractivity contribution in [3.05, 3.63) is 108 Å². The summed E-state index contributed by atoms with van der Waals surface area (Å²) in [4.78, 5) is 44.5. The molecule has 43 heavy (non-hydrogen) atoms. The molecule has 4 aromatic carbocycles. The number of nitrogens with zero attached hydrogens (tertiary/aromatic N) is 2. The van der Waals surface area contributed by atoms with Gasteiger partial charge in [-0.15, -0.1) is 0 Å². The molecular formula is C36H39N3O4. The van der Waals surface area contributed by atoms with Crippen molar-refractivity contribution in [3.8, 4) is 5.75 Å². The zero-order chi connectivity index (χ0) is 30.2. The number of amides is 3. The minimum atomic E-state index is -0.690. The molecule has 0 saturated carbocycles. The number of carbonyl (C=O) groups excluding carboxylic acids is 3. The van der Waals surface area contributed by atoms with Crippen molar-refractivity contribution in [2.24, 2.45) is 0 Å². The van der Waals surface area contributed by atoms with Gasteiger partial charge in [-0.05, 0) is 53.6 Å². The molecule has 7 nitrogen and oxygen atoms in total. The van der Waals surface area contributed by atoms with Gasteiger partial charge in [0.05, 0.1) is 12.8 Å². The lowest BCUT2D eigenvalue weighted by Gasteiger charge is -2.32. The summed E-state index contributed by atoms with van der Waals surface area (Å²) >= 11 is 0. The Morgan fingerprint density at radius 3 is 2.42 bits per heavy atom. The van der Waals surface area contributed by atoms with Crippen molar-refractivity contribution < 1.29 is 19.1 Å². The Balaban J connectivity index is 1.37. The summed E-state index contributed by atoms with van der Waals surface area (Å²) in [7, 11) is 1.61. The molecule has 0 fully saturated rings. The number of hydrogen-bond donors (Lipinski definition) is 1. The highest BCUT2D eigenvalue weighted by molar-refractivity contribution is 6.25. The van der Waals surface area contributed by atoms with Gasteiger partial charge in [-0.3, -0.25) is 14.4 Å². The molecule has 4 aromatic rings. The van der Waals surface area contributed by atoms with Crippen LogP contribution in [0.1, 0.15) is 54.1 Å². The fourth-order valence-electron chi connectivity index (χ4n) is 5.76. The van der Waals surface area contributed by atoms with E-state index in [-0.39, 0.29) is 30.7 Å². The molecule has 1 N–H and O–H groups in total. The molecule has 5 rings (SSSR count). The quantitative estimate of drug-likeness (QED) is 0.183. The van der Waals surface area contributed by atoms with Crippen LogP contribution in [-0.4, -0.2) is 48.9 Å². The number of methoxy groups -OCH3 is 1.